The van der Waals surface area contributed by atoms with Gasteiger partial charge in [-0.2, -0.15) is 0 Å². The van der Waals surface area contributed by atoms with E-state index in [4.69, 9.17) is 19.2 Å². The van der Waals surface area contributed by atoms with Gasteiger partial charge in [0, 0.05) is 22.0 Å². The van der Waals surface area contributed by atoms with Crippen molar-refractivity contribution in [3.05, 3.63) is 145 Å². The second kappa shape index (κ2) is 12.6. The van der Waals surface area contributed by atoms with Crippen molar-refractivity contribution in [1.29, 1.82) is 0 Å². The Hall–Kier alpha value is -5.67. The lowest BCUT2D eigenvalue weighted by Crippen LogP contribution is -2.40. The summed E-state index contributed by atoms with van der Waals surface area (Å²) in [5, 5.41) is 0.991. The molecule has 1 atom stereocenters. The summed E-state index contributed by atoms with van der Waals surface area (Å²) in [7, 11) is 3.11. The van der Waals surface area contributed by atoms with E-state index in [1.165, 1.54) is 11.3 Å². The fraction of sp³-hybridized carbons (Fsp3) is 0.132. The van der Waals surface area contributed by atoms with Gasteiger partial charge in [-0.05, 0) is 42.3 Å². The average molecular weight is 642 g/mol. The number of H-pyrrole nitrogens is 1. The standard InChI is InChI=1S/C38H31N3O5S/c1-4-46-37(43)32-34(24-15-9-6-10-16-24)40-38-41(35(32)25-19-20-29(44-2)30(21-25)45-3)36(42)31(47-38)22-27-26-17-11-12-18-28(26)39-33(27)23-13-7-5-8-14-23/h5-22,35,39H,4H2,1-3H3/b31-22+/t35-/m0/s1. The van der Waals surface area contributed by atoms with E-state index in [9.17, 15) is 9.59 Å². The molecule has 3 heterocycles. The molecule has 8 nitrogen and oxygen atoms in total. The van der Waals surface area contributed by atoms with E-state index in [0.29, 0.717) is 32.1 Å². The van der Waals surface area contributed by atoms with Crippen LogP contribution in [-0.4, -0.2) is 36.3 Å². The summed E-state index contributed by atoms with van der Waals surface area (Å²) in [6.45, 7) is 1.92. The van der Waals surface area contributed by atoms with Crippen LogP contribution < -0.4 is 24.4 Å². The molecule has 0 fully saturated rings. The predicted molar refractivity (Wildman–Crippen MR) is 184 cm³/mol. The van der Waals surface area contributed by atoms with Gasteiger partial charge in [0.05, 0.1) is 48.4 Å². The fourth-order valence-electron chi connectivity index (χ4n) is 6.06. The third-order valence-corrected chi connectivity index (χ3v) is 9.16. The highest BCUT2D eigenvalue weighted by Crippen LogP contribution is 2.38. The van der Waals surface area contributed by atoms with E-state index in [2.05, 4.69) is 4.98 Å². The van der Waals surface area contributed by atoms with E-state index < -0.39 is 12.0 Å². The van der Waals surface area contributed by atoms with Gasteiger partial charge < -0.3 is 19.2 Å². The van der Waals surface area contributed by atoms with Gasteiger partial charge in [-0.1, -0.05) is 96.3 Å². The molecule has 9 heteroatoms. The summed E-state index contributed by atoms with van der Waals surface area (Å²) < 4.78 is 18.8. The number of benzene rings is 4. The van der Waals surface area contributed by atoms with Crippen LogP contribution in [0.5, 0.6) is 11.5 Å². The smallest absolute Gasteiger partial charge is 0.338 e. The molecule has 0 amide bonds. The number of hydrogen-bond donors (Lipinski definition) is 1. The van der Waals surface area contributed by atoms with Gasteiger partial charge in [-0.3, -0.25) is 9.36 Å². The van der Waals surface area contributed by atoms with Crippen LogP contribution >= 0.6 is 11.3 Å². The van der Waals surface area contributed by atoms with Crippen molar-refractivity contribution >= 4 is 40.0 Å². The molecule has 0 radical (unpaired) electrons. The van der Waals surface area contributed by atoms with Gasteiger partial charge in [0.25, 0.3) is 5.56 Å². The zero-order chi connectivity index (χ0) is 32.5. The normalized spacial score (nSPS) is 14.5. The minimum absolute atomic E-state index is 0.163. The number of methoxy groups -OCH3 is 2. The molecule has 0 spiro atoms. The molecule has 2 aromatic heterocycles. The number of rotatable bonds is 8. The minimum atomic E-state index is -0.848. The molecule has 1 aliphatic heterocycles. The maximum atomic E-state index is 14.6. The summed E-state index contributed by atoms with van der Waals surface area (Å²) in [5.74, 6) is 0.452. The number of carbonyl (C=O) groups excluding carboxylic acids is 1. The van der Waals surface area contributed by atoms with Gasteiger partial charge >= 0.3 is 5.97 Å². The highest BCUT2D eigenvalue weighted by atomic mass is 32.1. The van der Waals surface area contributed by atoms with Crippen molar-refractivity contribution < 1.29 is 19.0 Å². The molecule has 0 saturated heterocycles. The third kappa shape index (κ3) is 5.34. The number of nitrogens with one attached hydrogen (secondary N) is 1. The maximum absolute atomic E-state index is 14.6. The molecule has 1 N–H and O–H groups in total. The van der Waals surface area contributed by atoms with Crippen LogP contribution in [-0.2, 0) is 9.53 Å². The van der Waals surface area contributed by atoms with Crippen molar-refractivity contribution in [3.63, 3.8) is 0 Å². The maximum Gasteiger partial charge on any atom is 0.338 e. The third-order valence-electron chi connectivity index (χ3n) is 8.18. The summed E-state index contributed by atoms with van der Waals surface area (Å²) in [4.78, 5) is 37.5. The van der Waals surface area contributed by atoms with Crippen LogP contribution in [0.15, 0.2) is 118 Å². The molecule has 4 aromatic carbocycles. The van der Waals surface area contributed by atoms with Crippen LogP contribution in [0.4, 0.5) is 0 Å². The summed E-state index contributed by atoms with van der Waals surface area (Å²) >= 11 is 1.29. The number of ether oxygens (including phenoxy) is 3. The second-order valence-electron chi connectivity index (χ2n) is 10.9. The summed E-state index contributed by atoms with van der Waals surface area (Å²) in [6.07, 6.45) is 1.92. The van der Waals surface area contributed by atoms with Crippen molar-refractivity contribution in [2.24, 2.45) is 4.99 Å². The first-order chi connectivity index (χ1) is 23.0. The Balaban J connectivity index is 1.54. The molecule has 1 aliphatic rings. The first kappa shape index (κ1) is 30.0. The molecule has 0 saturated carbocycles. The first-order valence-corrected chi connectivity index (χ1v) is 16.0. The van der Waals surface area contributed by atoms with Gasteiger partial charge in [-0.25, -0.2) is 9.79 Å². The summed E-state index contributed by atoms with van der Waals surface area (Å²) in [6, 6.07) is 32.1. The average Bonchev–Trinajstić information content (AvgIpc) is 3.64. The zero-order valence-electron chi connectivity index (χ0n) is 26.0. The number of thiazole rings is 1. The zero-order valence-corrected chi connectivity index (χ0v) is 26.8. The molecule has 47 heavy (non-hydrogen) atoms. The highest BCUT2D eigenvalue weighted by molar-refractivity contribution is 7.07. The molecule has 0 unspecified atom stereocenters. The SMILES string of the molecule is CCOC(=O)C1=C(c2ccccc2)N=c2s/c(=C/c3c(-c4ccccc4)[nH]c4ccccc34)c(=O)n2[C@H]1c1ccc(OC)c(OC)c1. The molecule has 234 valence electrons. The van der Waals surface area contributed by atoms with Crippen LogP contribution in [0.1, 0.15) is 29.7 Å². The molecule has 0 aliphatic carbocycles. The number of nitrogens with zero attached hydrogens (tertiary/aromatic N) is 2. The number of aromatic amines is 1. The van der Waals surface area contributed by atoms with Crippen LogP contribution in [0.2, 0.25) is 0 Å². The van der Waals surface area contributed by atoms with E-state index >= 15 is 0 Å². The van der Waals surface area contributed by atoms with Crippen molar-refractivity contribution in [2.75, 3.05) is 20.8 Å². The highest BCUT2D eigenvalue weighted by Gasteiger charge is 2.35. The van der Waals surface area contributed by atoms with Gasteiger partial charge in [0.2, 0.25) is 0 Å². The van der Waals surface area contributed by atoms with E-state index in [-0.39, 0.29) is 17.7 Å². The van der Waals surface area contributed by atoms with Crippen LogP contribution in [0, 0.1) is 0 Å². The quantitative estimate of drug-likeness (QED) is 0.203. The van der Waals surface area contributed by atoms with Gasteiger partial charge in [0.15, 0.2) is 16.3 Å². The van der Waals surface area contributed by atoms with E-state index in [0.717, 1.165) is 33.3 Å². The lowest BCUT2D eigenvalue weighted by Gasteiger charge is -2.26. The minimum Gasteiger partial charge on any atom is -0.493 e. The number of carbonyl (C=O) groups is 1. The number of esters is 1. The molecule has 6 aromatic rings. The Labute approximate surface area is 274 Å². The fourth-order valence-corrected chi connectivity index (χ4v) is 7.04. The second-order valence-corrected chi connectivity index (χ2v) is 11.9. The molecular formula is C38H31N3O5S. The predicted octanol–water partition coefficient (Wildman–Crippen LogP) is 6.10. The van der Waals surface area contributed by atoms with Crippen LogP contribution in [0.25, 0.3) is 33.9 Å². The van der Waals surface area contributed by atoms with Gasteiger partial charge in [0.1, 0.15) is 0 Å². The van der Waals surface area contributed by atoms with Crippen molar-refractivity contribution in [1.82, 2.24) is 9.55 Å². The van der Waals surface area contributed by atoms with Crippen molar-refractivity contribution in [2.45, 2.75) is 13.0 Å². The monoisotopic (exact) mass is 641 g/mol. The Bertz CT molecular complexity index is 2340. The molecule has 7 rings (SSSR count). The lowest BCUT2D eigenvalue weighted by molar-refractivity contribution is -0.138. The summed E-state index contributed by atoms with van der Waals surface area (Å²) in [5.41, 5.74) is 5.60. The van der Waals surface area contributed by atoms with E-state index in [1.807, 2.05) is 97.1 Å². The molecule has 0 bridgehead atoms. The lowest BCUT2D eigenvalue weighted by atomic mass is 9.93. The largest absolute Gasteiger partial charge is 0.493 e. The first-order valence-electron chi connectivity index (χ1n) is 15.2. The Morgan fingerprint density at radius 1 is 0.894 bits per heavy atom. The number of para-hydroxylation sites is 1. The Kier molecular flexibility index (Phi) is 8.05. The van der Waals surface area contributed by atoms with E-state index in [1.54, 1.807) is 37.8 Å². The number of aromatic nitrogens is 2. The molecular weight excluding hydrogens is 611 g/mol. The Morgan fingerprint density at radius 3 is 2.28 bits per heavy atom. The van der Waals surface area contributed by atoms with Crippen LogP contribution in [0.3, 0.4) is 0 Å². The van der Waals surface area contributed by atoms with Gasteiger partial charge in [-0.15, -0.1) is 0 Å². The topological polar surface area (TPSA) is 94.9 Å². The van der Waals surface area contributed by atoms with Crippen molar-refractivity contribution in [3.8, 4) is 22.8 Å². The Morgan fingerprint density at radius 2 is 1.57 bits per heavy atom. The number of fused-ring (bicyclic) bond motifs is 2. The number of hydrogen-bond acceptors (Lipinski definition) is 7.